The molecule has 2 unspecified atom stereocenters. The molecule has 4 N–H and O–H groups in total. The Labute approximate surface area is 161 Å². The van der Waals surface area contributed by atoms with Gasteiger partial charge in [-0.3, -0.25) is 9.59 Å². The minimum Gasteiger partial charge on any atom is -0.347 e. The Morgan fingerprint density at radius 1 is 1.04 bits per heavy atom. The van der Waals surface area contributed by atoms with Gasteiger partial charge in [0.2, 0.25) is 0 Å². The average molecular weight is 381 g/mol. The number of amides is 2. The van der Waals surface area contributed by atoms with E-state index in [1.165, 1.54) is 15.9 Å². The van der Waals surface area contributed by atoms with Crippen LogP contribution in [0.5, 0.6) is 0 Å². The van der Waals surface area contributed by atoms with E-state index in [1.807, 2.05) is 20.8 Å². The number of carbonyl (C=O) groups excluding carboxylic acids is 2. The van der Waals surface area contributed by atoms with E-state index in [2.05, 4.69) is 10.6 Å². The lowest BCUT2D eigenvalue weighted by molar-refractivity contribution is -0.930. The van der Waals surface area contributed by atoms with E-state index in [9.17, 15) is 14.0 Å². The quantitative estimate of drug-likeness (QED) is 0.538. The third kappa shape index (κ3) is 7.64. The van der Waals surface area contributed by atoms with Crippen molar-refractivity contribution in [1.82, 2.24) is 5.32 Å². The second-order valence-corrected chi connectivity index (χ2v) is 8.52. The lowest BCUT2D eigenvalue weighted by Crippen LogP contribution is -3.18. The molecule has 2 amide bonds. The third-order valence-electron chi connectivity index (χ3n) is 4.68. The lowest BCUT2D eigenvalue weighted by atomic mass is 10.1. The van der Waals surface area contributed by atoms with Crippen LogP contribution in [-0.2, 0) is 9.59 Å². The molecule has 1 aliphatic rings. The number of benzene rings is 1. The Bertz CT molecular complexity index is 672. The second-order valence-electron chi connectivity index (χ2n) is 8.52. The SMILES string of the molecule is Cc1ccc(NC(=O)C[NH+]2CCC[NH+](CC(=O)NC(C)(C)C)CC2)cc1F. The summed E-state index contributed by atoms with van der Waals surface area (Å²) in [5.74, 6) is -0.357. The number of rotatable bonds is 5. The highest BCUT2D eigenvalue weighted by atomic mass is 19.1. The second kappa shape index (κ2) is 9.28. The molecule has 0 bridgehead atoms. The van der Waals surface area contributed by atoms with Crippen molar-refractivity contribution >= 4 is 17.5 Å². The number of halogens is 1. The Morgan fingerprint density at radius 3 is 2.19 bits per heavy atom. The van der Waals surface area contributed by atoms with Gasteiger partial charge in [-0.1, -0.05) is 6.07 Å². The van der Waals surface area contributed by atoms with Gasteiger partial charge in [0.15, 0.2) is 13.1 Å². The lowest BCUT2D eigenvalue weighted by Gasteiger charge is -2.22. The molecule has 1 saturated heterocycles. The largest absolute Gasteiger partial charge is 0.347 e. The van der Waals surface area contributed by atoms with Crippen molar-refractivity contribution in [3.8, 4) is 0 Å². The molecule has 1 aliphatic heterocycles. The number of aryl methyl sites for hydroxylation is 1. The van der Waals surface area contributed by atoms with Crippen LogP contribution in [0, 0.1) is 12.7 Å². The molecule has 2 rings (SSSR count). The molecular formula is C20H33FN4O2+2. The number of nitrogens with one attached hydrogen (secondary N) is 4. The molecule has 0 aromatic heterocycles. The van der Waals surface area contributed by atoms with Gasteiger partial charge in [-0.15, -0.1) is 0 Å². The summed E-state index contributed by atoms with van der Waals surface area (Å²) < 4.78 is 13.6. The maximum absolute atomic E-state index is 13.6. The number of quaternary nitrogens is 2. The summed E-state index contributed by atoms with van der Waals surface area (Å²) in [6.45, 7) is 12.0. The van der Waals surface area contributed by atoms with Crippen LogP contribution < -0.4 is 20.4 Å². The fraction of sp³-hybridized carbons (Fsp3) is 0.600. The third-order valence-corrected chi connectivity index (χ3v) is 4.68. The van der Waals surface area contributed by atoms with Gasteiger partial charge in [-0.2, -0.15) is 0 Å². The van der Waals surface area contributed by atoms with E-state index in [0.717, 1.165) is 32.6 Å². The van der Waals surface area contributed by atoms with E-state index in [4.69, 9.17) is 0 Å². The molecule has 0 saturated carbocycles. The first-order chi connectivity index (χ1) is 12.6. The number of hydrogen-bond donors (Lipinski definition) is 4. The van der Waals surface area contributed by atoms with Crippen molar-refractivity contribution in [2.45, 2.75) is 39.7 Å². The molecule has 0 spiro atoms. The molecule has 7 heteroatoms. The van der Waals surface area contributed by atoms with Crippen LogP contribution >= 0.6 is 0 Å². The Balaban J connectivity index is 1.79. The standard InChI is InChI=1S/C20H31FN4O2/c1-15-6-7-16(12-17(15)21)22-18(26)13-24-8-5-9-25(11-10-24)14-19(27)23-20(2,3)4/h6-7,12H,5,8-11,13-14H2,1-4H3,(H,22,26)(H,23,27)/p+2. The average Bonchev–Trinajstić information content (AvgIpc) is 2.74. The van der Waals surface area contributed by atoms with Gasteiger partial charge in [0.1, 0.15) is 18.9 Å². The summed E-state index contributed by atoms with van der Waals surface area (Å²) in [6.07, 6.45) is 0.972. The van der Waals surface area contributed by atoms with Gasteiger partial charge in [-0.25, -0.2) is 4.39 Å². The van der Waals surface area contributed by atoms with Gasteiger partial charge >= 0.3 is 0 Å². The highest BCUT2D eigenvalue weighted by Gasteiger charge is 2.25. The number of carbonyl (C=O) groups is 2. The smallest absolute Gasteiger partial charge is 0.279 e. The Kier molecular flexibility index (Phi) is 7.33. The number of anilines is 1. The van der Waals surface area contributed by atoms with Crippen LogP contribution in [0.4, 0.5) is 10.1 Å². The zero-order valence-corrected chi connectivity index (χ0v) is 16.9. The van der Waals surface area contributed by atoms with Crippen LogP contribution in [0.15, 0.2) is 18.2 Å². The van der Waals surface area contributed by atoms with Gasteiger partial charge in [0.25, 0.3) is 11.8 Å². The molecule has 27 heavy (non-hydrogen) atoms. The maximum atomic E-state index is 13.6. The summed E-state index contributed by atoms with van der Waals surface area (Å²) in [5, 5.41) is 5.78. The van der Waals surface area contributed by atoms with Crippen molar-refractivity contribution in [1.29, 1.82) is 0 Å². The molecular weight excluding hydrogens is 347 g/mol. The zero-order valence-electron chi connectivity index (χ0n) is 16.9. The molecule has 0 aliphatic carbocycles. The topological polar surface area (TPSA) is 67.1 Å². The molecule has 1 heterocycles. The highest BCUT2D eigenvalue weighted by molar-refractivity contribution is 5.91. The summed E-state index contributed by atoms with van der Waals surface area (Å²) >= 11 is 0. The molecule has 2 atom stereocenters. The normalized spacial score (nSPS) is 20.6. The van der Waals surface area contributed by atoms with Crippen molar-refractivity contribution < 1.29 is 23.8 Å². The first kappa shape index (κ1) is 21.3. The fourth-order valence-corrected chi connectivity index (χ4v) is 3.34. The first-order valence-electron chi connectivity index (χ1n) is 9.66. The van der Waals surface area contributed by atoms with E-state index in [-0.39, 0.29) is 23.2 Å². The highest BCUT2D eigenvalue weighted by Crippen LogP contribution is 2.13. The van der Waals surface area contributed by atoms with Gasteiger partial charge in [-0.05, 0) is 45.4 Å². The molecule has 1 fully saturated rings. The Morgan fingerprint density at radius 2 is 1.63 bits per heavy atom. The summed E-state index contributed by atoms with van der Waals surface area (Å²) in [4.78, 5) is 26.9. The van der Waals surface area contributed by atoms with Crippen molar-refractivity contribution in [3.63, 3.8) is 0 Å². The van der Waals surface area contributed by atoms with E-state index in [1.54, 1.807) is 19.1 Å². The molecule has 150 valence electrons. The van der Waals surface area contributed by atoms with Gasteiger partial charge in [0, 0.05) is 17.6 Å². The summed E-state index contributed by atoms with van der Waals surface area (Å²) in [6, 6.07) is 4.73. The van der Waals surface area contributed by atoms with Crippen molar-refractivity contribution in [2.75, 3.05) is 44.6 Å². The first-order valence-corrected chi connectivity index (χ1v) is 9.66. The van der Waals surface area contributed by atoms with Crippen LogP contribution in [0.3, 0.4) is 0 Å². The monoisotopic (exact) mass is 380 g/mol. The molecule has 1 aromatic rings. The minimum atomic E-state index is -0.317. The van der Waals surface area contributed by atoms with Gasteiger partial charge < -0.3 is 20.4 Å². The van der Waals surface area contributed by atoms with Gasteiger partial charge in [0.05, 0.1) is 13.1 Å². The van der Waals surface area contributed by atoms with Crippen molar-refractivity contribution in [3.05, 3.63) is 29.6 Å². The molecule has 0 radical (unpaired) electrons. The predicted molar refractivity (Wildman–Crippen MR) is 103 cm³/mol. The van der Waals surface area contributed by atoms with Crippen LogP contribution in [0.1, 0.15) is 32.8 Å². The van der Waals surface area contributed by atoms with E-state index in [0.29, 0.717) is 24.3 Å². The number of hydrogen-bond acceptors (Lipinski definition) is 2. The van der Waals surface area contributed by atoms with Crippen LogP contribution in [-0.4, -0.2) is 56.6 Å². The minimum absolute atomic E-state index is 0.0695. The van der Waals surface area contributed by atoms with E-state index >= 15 is 0 Å². The summed E-state index contributed by atoms with van der Waals surface area (Å²) in [7, 11) is 0. The maximum Gasteiger partial charge on any atom is 0.279 e. The summed E-state index contributed by atoms with van der Waals surface area (Å²) in [5.41, 5.74) is 0.834. The van der Waals surface area contributed by atoms with Crippen molar-refractivity contribution in [2.24, 2.45) is 0 Å². The van der Waals surface area contributed by atoms with E-state index < -0.39 is 0 Å². The molecule has 1 aromatic carbocycles. The molecule has 6 nitrogen and oxygen atoms in total. The predicted octanol–water partition coefficient (Wildman–Crippen LogP) is -0.839. The zero-order chi connectivity index (χ0) is 20.0. The van der Waals surface area contributed by atoms with Crippen LogP contribution in [0.25, 0.3) is 0 Å². The fourth-order valence-electron chi connectivity index (χ4n) is 3.34. The Hall–Kier alpha value is -1.99. The van der Waals surface area contributed by atoms with Crippen LogP contribution in [0.2, 0.25) is 0 Å².